The minimum atomic E-state index is -3.52. The van der Waals surface area contributed by atoms with Gasteiger partial charge in [-0.2, -0.15) is 14.5 Å². The van der Waals surface area contributed by atoms with E-state index in [1.165, 1.54) is 0 Å². The summed E-state index contributed by atoms with van der Waals surface area (Å²) in [6.07, 6.45) is 7.44. The number of hydrogen-bond acceptors (Lipinski definition) is 4. The standard InChI is InChI=1S/C17H25N5O2S/c1-11-9-18-21(10-11)16-7-14-5-6-15(8-16)22(14)25(23,24)17-12(2)19-20(4)13(17)3/h9-10,14-16H,5-8H2,1-4H3. The summed E-state index contributed by atoms with van der Waals surface area (Å²) in [4.78, 5) is 0.389. The van der Waals surface area contributed by atoms with E-state index in [1.54, 1.807) is 23.0 Å². The number of sulfonamides is 1. The highest BCUT2D eigenvalue weighted by molar-refractivity contribution is 7.89. The third kappa shape index (κ3) is 2.54. The Morgan fingerprint density at radius 3 is 2.20 bits per heavy atom. The van der Waals surface area contributed by atoms with Crippen molar-refractivity contribution >= 4 is 10.0 Å². The molecule has 0 N–H and O–H groups in total. The van der Waals surface area contributed by atoms with E-state index in [0.717, 1.165) is 31.2 Å². The van der Waals surface area contributed by atoms with Crippen molar-refractivity contribution in [2.75, 3.05) is 0 Å². The predicted octanol–water partition coefficient (Wildman–Crippen LogP) is 2.10. The second-order valence-electron chi connectivity index (χ2n) is 7.47. The predicted molar refractivity (Wildman–Crippen MR) is 93.8 cm³/mol. The number of aryl methyl sites for hydroxylation is 3. The Kier molecular flexibility index (Phi) is 3.81. The zero-order valence-electron chi connectivity index (χ0n) is 15.2. The van der Waals surface area contributed by atoms with Crippen LogP contribution in [0.5, 0.6) is 0 Å². The summed E-state index contributed by atoms with van der Waals surface area (Å²) in [5.74, 6) is 0. The molecule has 2 atom stereocenters. The van der Waals surface area contributed by atoms with Crippen LogP contribution in [0, 0.1) is 20.8 Å². The molecule has 2 fully saturated rings. The molecule has 0 saturated carbocycles. The second kappa shape index (κ2) is 5.67. The van der Waals surface area contributed by atoms with Crippen LogP contribution >= 0.6 is 0 Å². The van der Waals surface area contributed by atoms with E-state index in [0.29, 0.717) is 16.3 Å². The Bertz CT molecular complexity index is 900. The summed E-state index contributed by atoms with van der Waals surface area (Å²) in [5.41, 5.74) is 2.44. The second-order valence-corrected chi connectivity index (χ2v) is 9.25. The van der Waals surface area contributed by atoms with Crippen LogP contribution in [-0.4, -0.2) is 44.4 Å². The summed E-state index contributed by atoms with van der Waals surface area (Å²) in [7, 11) is -1.72. The van der Waals surface area contributed by atoms with Crippen molar-refractivity contribution in [3.05, 3.63) is 29.3 Å². The molecular formula is C17H25N5O2S. The van der Waals surface area contributed by atoms with Gasteiger partial charge in [0.25, 0.3) is 0 Å². The highest BCUT2D eigenvalue weighted by Gasteiger charge is 2.48. The molecule has 25 heavy (non-hydrogen) atoms. The van der Waals surface area contributed by atoms with Crippen LogP contribution in [0.25, 0.3) is 0 Å². The average Bonchev–Trinajstić information content (AvgIpc) is 3.16. The maximum absolute atomic E-state index is 13.4. The first-order chi connectivity index (χ1) is 11.8. The third-order valence-corrected chi connectivity index (χ3v) is 7.98. The van der Waals surface area contributed by atoms with Crippen LogP contribution in [-0.2, 0) is 17.1 Å². The molecule has 0 radical (unpaired) electrons. The smallest absolute Gasteiger partial charge is 0.247 e. The van der Waals surface area contributed by atoms with Gasteiger partial charge in [-0.05, 0) is 52.0 Å². The van der Waals surface area contributed by atoms with Crippen LogP contribution < -0.4 is 0 Å². The van der Waals surface area contributed by atoms with Gasteiger partial charge in [0.15, 0.2) is 0 Å². The lowest BCUT2D eigenvalue weighted by Gasteiger charge is -2.38. The lowest BCUT2D eigenvalue weighted by atomic mass is 10.00. The highest BCUT2D eigenvalue weighted by Crippen LogP contribution is 2.44. The molecule has 8 heteroatoms. The van der Waals surface area contributed by atoms with Crippen molar-refractivity contribution in [3.63, 3.8) is 0 Å². The van der Waals surface area contributed by atoms with E-state index in [1.807, 2.05) is 24.7 Å². The van der Waals surface area contributed by atoms with Crippen LogP contribution in [0.4, 0.5) is 0 Å². The zero-order valence-corrected chi connectivity index (χ0v) is 16.0. The first-order valence-electron chi connectivity index (χ1n) is 8.83. The fourth-order valence-corrected chi connectivity index (χ4v) is 6.88. The van der Waals surface area contributed by atoms with E-state index in [2.05, 4.69) is 16.4 Å². The fraction of sp³-hybridized carbons (Fsp3) is 0.647. The number of piperidine rings is 1. The number of fused-ring (bicyclic) bond motifs is 2. The minimum Gasteiger partial charge on any atom is -0.271 e. The summed E-state index contributed by atoms with van der Waals surface area (Å²) < 4.78 is 32.3. The van der Waals surface area contributed by atoms with Crippen molar-refractivity contribution in [1.29, 1.82) is 0 Å². The average molecular weight is 363 g/mol. The summed E-state index contributed by atoms with van der Waals surface area (Å²) >= 11 is 0. The molecule has 2 saturated heterocycles. The third-order valence-electron chi connectivity index (χ3n) is 5.72. The Morgan fingerprint density at radius 2 is 1.72 bits per heavy atom. The van der Waals surface area contributed by atoms with Crippen LogP contribution in [0.2, 0.25) is 0 Å². The fourth-order valence-electron chi connectivity index (χ4n) is 4.58. The molecule has 2 unspecified atom stereocenters. The van der Waals surface area contributed by atoms with Gasteiger partial charge < -0.3 is 0 Å². The quantitative estimate of drug-likeness (QED) is 0.837. The van der Waals surface area contributed by atoms with Gasteiger partial charge >= 0.3 is 0 Å². The Morgan fingerprint density at radius 1 is 1.08 bits per heavy atom. The van der Waals surface area contributed by atoms with E-state index in [9.17, 15) is 8.42 Å². The van der Waals surface area contributed by atoms with Gasteiger partial charge in [-0.15, -0.1) is 0 Å². The molecule has 2 aliphatic rings. The van der Waals surface area contributed by atoms with Crippen molar-refractivity contribution in [3.8, 4) is 0 Å². The molecule has 2 aliphatic heterocycles. The molecule has 0 amide bonds. The van der Waals surface area contributed by atoms with Crippen LogP contribution in [0.3, 0.4) is 0 Å². The van der Waals surface area contributed by atoms with E-state index >= 15 is 0 Å². The molecule has 7 nitrogen and oxygen atoms in total. The lowest BCUT2D eigenvalue weighted by molar-refractivity contribution is 0.184. The van der Waals surface area contributed by atoms with Crippen molar-refractivity contribution in [2.24, 2.45) is 7.05 Å². The number of rotatable bonds is 3. The summed E-state index contributed by atoms with van der Waals surface area (Å²) in [6, 6.07) is 0.392. The van der Waals surface area contributed by atoms with Crippen molar-refractivity contribution in [2.45, 2.75) is 69.5 Å². The normalized spacial score (nSPS) is 27.1. The van der Waals surface area contributed by atoms with E-state index in [4.69, 9.17) is 0 Å². The van der Waals surface area contributed by atoms with Gasteiger partial charge in [0.2, 0.25) is 10.0 Å². The topological polar surface area (TPSA) is 73.0 Å². The molecule has 2 aromatic heterocycles. The van der Waals surface area contributed by atoms with Gasteiger partial charge in [-0.25, -0.2) is 8.42 Å². The lowest BCUT2D eigenvalue weighted by Crippen LogP contribution is -2.47. The van der Waals surface area contributed by atoms with E-state index < -0.39 is 10.0 Å². The molecule has 0 spiro atoms. The van der Waals surface area contributed by atoms with E-state index in [-0.39, 0.29) is 18.1 Å². The highest BCUT2D eigenvalue weighted by atomic mass is 32.2. The zero-order chi connectivity index (χ0) is 17.9. The first kappa shape index (κ1) is 16.8. The molecular weight excluding hydrogens is 338 g/mol. The largest absolute Gasteiger partial charge is 0.271 e. The van der Waals surface area contributed by atoms with Gasteiger partial charge in [0.1, 0.15) is 4.90 Å². The maximum atomic E-state index is 13.4. The first-order valence-corrected chi connectivity index (χ1v) is 10.3. The Balaban J connectivity index is 1.66. The van der Waals surface area contributed by atoms with Crippen molar-refractivity contribution < 1.29 is 8.42 Å². The molecule has 0 aliphatic carbocycles. The molecule has 0 aromatic carbocycles. The molecule has 2 aromatic rings. The van der Waals surface area contributed by atoms with Gasteiger partial charge in [0, 0.05) is 25.3 Å². The maximum Gasteiger partial charge on any atom is 0.247 e. The van der Waals surface area contributed by atoms with Crippen molar-refractivity contribution in [1.82, 2.24) is 23.9 Å². The van der Waals surface area contributed by atoms with Crippen LogP contribution in [0.1, 0.15) is 48.7 Å². The number of aromatic nitrogens is 4. The van der Waals surface area contributed by atoms with Crippen LogP contribution in [0.15, 0.2) is 17.3 Å². The van der Waals surface area contributed by atoms with Gasteiger partial charge in [0.05, 0.1) is 23.6 Å². The minimum absolute atomic E-state index is 0.0530. The SMILES string of the molecule is Cc1cnn(C2CC3CCC(C2)N3S(=O)(=O)c2c(C)nn(C)c2C)c1. The Labute approximate surface area is 148 Å². The summed E-state index contributed by atoms with van der Waals surface area (Å²) in [5, 5.41) is 8.75. The molecule has 4 heterocycles. The van der Waals surface area contributed by atoms with Gasteiger partial charge in [-0.1, -0.05) is 0 Å². The number of hydrogen-bond donors (Lipinski definition) is 0. The Hall–Kier alpha value is -1.67. The molecule has 2 bridgehead atoms. The number of nitrogens with zero attached hydrogens (tertiary/aromatic N) is 5. The van der Waals surface area contributed by atoms with Gasteiger partial charge in [-0.3, -0.25) is 9.36 Å². The summed E-state index contributed by atoms with van der Waals surface area (Å²) in [6.45, 7) is 5.64. The molecule has 4 rings (SSSR count). The molecule has 136 valence electrons. The monoisotopic (exact) mass is 363 g/mol.